The second-order valence-electron chi connectivity index (χ2n) is 4.41. The van der Waals surface area contributed by atoms with Crippen LogP contribution in [-0.4, -0.2) is 23.8 Å². The van der Waals surface area contributed by atoms with Crippen molar-refractivity contribution < 1.29 is 0 Å². The molecule has 1 unspecified atom stereocenters. The second-order valence-corrected chi connectivity index (χ2v) is 4.41. The molecule has 1 aliphatic heterocycles. The normalized spacial score (nSPS) is 19.0. The van der Waals surface area contributed by atoms with Crippen molar-refractivity contribution in [3.63, 3.8) is 0 Å². The van der Waals surface area contributed by atoms with Crippen LogP contribution in [0.1, 0.15) is 52.4 Å². The van der Waals surface area contributed by atoms with Gasteiger partial charge in [-0.15, -0.1) is 0 Å². The standard InChI is InChI=1S/C12H24N2/c1-3-5-7-11(4-2)10-14-9-6-8-12(14)13/h11,13H,3-10H2,1-2H3. The zero-order valence-corrected chi connectivity index (χ0v) is 9.68. The number of hydrogen-bond donors (Lipinski definition) is 1. The molecule has 0 saturated carbocycles. The van der Waals surface area contributed by atoms with Gasteiger partial charge >= 0.3 is 0 Å². The van der Waals surface area contributed by atoms with Crippen molar-refractivity contribution in [2.24, 2.45) is 5.92 Å². The van der Waals surface area contributed by atoms with Crippen molar-refractivity contribution in [1.82, 2.24) is 4.90 Å². The van der Waals surface area contributed by atoms with Crippen molar-refractivity contribution in [2.75, 3.05) is 13.1 Å². The molecule has 0 bridgehead atoms. The number of unbranched alkanes of at least 4 members (excludes halogenated alkanes) is 1. The van der Waals surface area contributed by atoms with Crippen molar-refractivity contribution >= 4 is 5.84 Å². The predicted octanol–water partition coefficient (Wildman–Crippen LogP) is 3.28. The lowest BCUT2D eigenvalue weighted by Crippen LogP contribution is -2.30. The van der Waals surface area contributed by atoms with Gasteiger partial charge in [-0.1, -0.05) is 33.1 Å². The maximum atomic E-state index is 7.78. The fourth-order valence-electron chi connectivity index (χ4n) is 2.16. The maximum absolute atomic E-state index is 7.78. The Labute approximate surface area is 88.2 Å². The summed E-state index contributed by atoms with van der Waals surface area (Å²) in [6.45, 7) is 6.79. The first-order chi connectivity index (χ1) is 6.77. The topological polar surface area (TPSA) is 27.1 Å². The highest BCUT2D eigenvalue weighted by atomic mass is 15.2. The molecule has 1 rings (SSSR count). The molecule has 0 aromatic carbocycles. The third kappa shape index (κ3) is 3.32. The molecule has 1 saturated heterocycles. The Bertz CT molecular complexity index is 177. The summed E-state index contributed by atoms with van der Waals surface area (Å²) in [5.41, 5.74) is 0. The van der Waals surface area contributed by atoms with Gasteiger partial charge in [0.1, 0.15) is 0 Å². The summed E-state index contributed by atoms with van der Waals surface area (Å²) in [6, 6.07) is 0. The fraction of sp³-hybridized carbons (Fsp3) is 0.917. The number of amidine groups is 1. The molecule has 1 atom stereocenters. The number of hydrogen-bond acceptors (Lipinski definition) is 1. The molecule has 1 fully saturated rings. The Morgan fingerprint density at radius 3 is 2.71 bits per heavy atom. The number of rotatable bonds is 6. The van der Waals surface area contributed by atoms with Gasteiger partial charge in [0.25, 0.3) is 0 Å². The zero-order chi connectivity index (χ0) is 10.4. The summed E-state index contributed by atoms with van der Waals surface area (Å²) in [6.07, 6.45) is 7.46. The highest BCUT2D eigenvalue weighted by molar-refractivity contribution is 5.80. The minimum Gasteiger partial charge on any atom is -0.360 e. The molecule has 14 heavy (non-hydrogen) atoms. The van der Waals surface area contributed by atoms with Gasteiger partial charge in [-0.25, -0.2) is 0 Å². The summed E-state index contributed by atoms with van der Waals surface area (Å²) in [4.78, 5) is 2.28. The molecule has 1 heterocycles. The molecule has 2 heteroatoms. The first kappa shape index (κ1) is 11.5. The minimum atomic E-state index is 0.813. The molecular weight excluding hydrogens is 172 g/mol. The Hall–Kier alpha value is -0.530. The van der Waals surface area contributed by atoms with Gasteiger partial charge in [0, 0.05) is 19.5 Å². The molecule has 0 radical (unpaired) electrons. The van der Waals surface area contributed by atoms with E-state index in [9.17, 15) is 0 Å². The van der Waals surface area contributed by atoms with Crippen LogP contribution in [0.15, 0.2) is 0 Å². The van der Waals surface area contributed by atoms with E-state index in [1.54, 1.807) is 0 Å². The van der Waals surface area contributed by atoms with Crippen molar-refractivity contribution in [2.45, 2.75) is 52.4 Å². The summed E-state index contributed by atoms with van der Waals surface area (Å²) in [5.74, 6) is 1.69. The Morgan fingerprint density at radius 1 is 1.43 bits per heavy atom. The smallest absolute Gasteiger partial charge is 0.0958 e. The number of likely N-dealkylation sites (tertiary alicyclic amines) is 1. The van der Waals surface area contributed by atoms with E-state index in [4.69, 9.17) is 5.41 Å². The van der Waals surface area contributed by atoms with Crippen LogP contribution in [0.4, 0.5) is 0 Å². The number of nitrogens with one attached hydrogen (secondary N) is 1. The maximum Gasteiger partial charge on any atom is 0.0958 e. The third-order valence-corrected chi connectivity index (χ3v) is 3.25. The van der Waals surface area contributed by atoms with Crippen molar-refractivity contribution in [3.05, 3.63) is 0 Å². The van der Waals surface area contributed by atoms with Crippen molar-refractivity contribution in [3.8, 4) is 0 Å². The molecule has 0 spiro atoms. The van der Waals surface area contributed by atoms with Gasteiger partial charge < -0.3 is 4.90 Å². The van der Waals surface area contributed by atoms with Crippen LogP contribution in [0.5, 0.6) is 0 Å². The van der Waals surface area contributed by atoms with E-state index in [0.29, 0.717) is 0 Å². The SMILES string of the molecule is CCCCC(CC)CN1CCCC1=N. The van der Waals surface area contributed by atoms with Crippen molar-refractivity contribution in [1.29, 1.82) is 5.41 Å². The molecule has 2 nitrogen and oxygen atoms in total. The first-order valence-corrected chi connectivity index (χ1v) is 6.10. The van der Waals surface area contributed by atoms with Crippen LogP contribution in [0.2, 0.25) is 0 Å². The summed E-state index contributed by atoms with van der Waals surface area (Å²) >= 11 is 0. The Morgan fingerprint density at radius 2 is 2.21 bits per heavy atom. The Kier molecular flexibility index (Phi) is 4.99. The van der Waals surface area contributed by atoms with E-state index in [2.05, 4.69) is 18.7 Å². The van der Waals surface area contributed by atoms with Gasteiger partial charge in [0.2, 0.25) is 0 Å². The summed E-state index contributed by atoms with van der Waals surface area (Å²) in [7, 11) is 0. The summed E-state index contributed by atoms with van der Waals surface area (Å²) < 4.78 is 0. The zero-order valence-electron chi connectivity index (χ0n) is 9.68. The lowest BCUT2D eigenvalue weighted by atomic mass is 9.99. The van der Waals surface area contributed by atoms with E-state index < -0.39 is 0 Å². The Balaban J connectivity index is 2.28. The molecule has 0 amide bonds. The highest BCUT2D eigenvalue weighted by Crippen LogP contribution is 2.18. The van der Waals surface area contributed by atoms with E-state index in [1.165, 1.54) is 32.1 Å². The molecule has 82 valence electrons. The second kappa shape index (κ2) is 6.05. The molecule has 0 aromatic heterocycles. The highest BCUT2D eigenvalue weighted by Gasteiger charge is 2.19. The first-order valence-electron chi connectivity index (χ1n) is 6.10. The molecule has 1 N–H and O–H groups in total. The van der Waals surface area contributed by atoms with E-state index in [1.807, 2.05) is 0 Å². The quantitative estimate of drug-likeness (QED) is 0.693. The van der Waals surface area contributed by atoms with Crippen LogP contribution >= 0.6 is 0 Å². The molecule has 0 aliphatic carbocycles. The van der Waals surface area contributed by atoms with Gasteiger partial charge in [-0.3, -0.25) is 5.41 Å². The number of nitrogens with zero attached hydrogens (tertiary/aromatic N) is 1. The van der Waals surface area contributed by atoms with Gasteiger partial charge in [-0.2, -0.15) is 0 Å². The predicted molar refractivity (Wildman–Crippen MR) is 61.8 cm³/mol. The molecule has 0 aromatic rings. The summed E-state index contributed by atoms with van der Waals surface area (Å²) in [5, 5.41) is 7.78. The largest absolute Gasteiger partial charge is 0.360 e. The average molecular weight is 196 g/mol. The third-order valence-electron chi connectivity index (χ3n) is 3.25. The lowest BCUT2D eigenvalue weighted by molar-refractivity contribution is 0.327. The van der Waals surface area contributed by atoms with Crippen LogP contribution < -0.4 is 0 Å². The van der Waals surface area contributed by atoms with Crippen LogP contribution in [-0.2, 0) is 0 Å². The van der Waals surface area contributed by atoms with Crippen LogP contribution in [0.25, 0.3) is 0 Å². The van der Waals surface area contributed by atoms with Crippen LogP contribution in [0, 0.1) is 11.3 Å². The van der Waals surface area contributed by atoms with Gasteiger partial charge in [0.15, 0.2) is 0 Å². The van der Waals surface area contributed by atoms with E-state index >= 15 is 0 Å². The van der Waals surface area contributed by atoms with Gasteiger partial charge in [-0.05, 0) is 18.8 Å². The monoisotopic (exact) mass is 196 g/mol. The molecule has 1 aliphatic rings. The lowest BCUT2D eigenvalue weighted by Gasteiger charge is -2.24. The van der Waals surface area contributed by atoms with E-state index in [0.717, 1.165) is 31.3 Å². The fourth-order valence-corrected chi connectivity index (χ4v) is 2.16. The molecular formula is C12H24N2. The average Bonchev–Trinajstić information content (AvgIpc) is 2.59. The van der Waals surface area contributed by atoms with Crippen LogP contribution in [0.3, 0.4) is 0 Å². The van der Waals surface area contributed by atoms with Gasteiger partial charge in [0.05, 0.1) is 5.84 Å². The van der Waals surface area contributed by atoms with E-state index in [-0.39, 0.29) is 0 Å². The minimum absolute atomic E-state index is 0.813.